The zero-order chi connectivity index (χ0) is 35.1. The van der Waals surface area contributed by atoms with Crippen LogP contribution in [0.4, 0.5) is 0 Å². The van der Waals surface area contributed by atoms with Gasteiger partial charge in [-0.2, -0.15) is 12.7 Å². The summed E-state index contributed by atoms with van der Waals surface area (Å²) in [5.41, 5.74) is 4.97. The number of hydrogen-bond donors (Lipinski definition) is 1. The third-order valence-electron chi connectivity index (χ3n) is 12.4. The Morgan fingerprint density at radius 1 is 0.980 bits per heavy atom. The van der Waals surface area contributed by atoms with Crippen molar-refractivity contribution in [3.8, 4) is 17.0 Å². The maximum Gasteiger partial charge on any atom is 0.303 e. The molecule has 2 saturated carbocycles. The summed E-state index contributed by atoms with van der Waals surface area (Å²) in [6.45, 7) is 4.04. The van der Waals surface area contributed by atoms with Crippen LogP contribution in [0.5, 0.6) is 5.75 Å². The summed E-state index contributed by atoms with van der Waals surface area (Å²) in [6, 6.07) is 11.8. The van der Waals surface area contributed by atoms with E-state index in [1.54, 1.807) is 20.1 Å². The van der Waals surface area contributed by atoms with Crippen molar-refractivity contribution in [2.75, 3.05) is 40.8 Å². The zero-order valence-corrected chi connectivity index (χ0v) is 30.2. The fourth-order valence-electron chi connectivity index (χ4n) is 9.74. The molecule has 1 N–H and O–H groups in total. The molecule has 50 heavy (non-hydrogen) atoms. The maximum absolute atomic E-state index is 15.0. The van der Waals surface area contributed by atoms with Gasteiger partial charge in [0, 0.05) is 75.1 Å². The molecule has 4 heterocycles. The minimum Gasteiger partial charge on any atom is -0.497 e. The van der Waals surface area contributed by atoms with Crippen molar-refractivity contribution in [3.05, 3.63) is 53.1 Å². The Hall–Kier alpha value is -3.90. The van der Waals surface area contributed by atoms with Crippen molar-refractivity contribution in [1.82, 2.24) is 23.4 Å². The van der Waals surface area contributed by atoms with E-state index in [0.29, 0.717) is 32.0 Å². The second kappa shape index (κ2) is 12.1. The Bertz CT molecular complexity index is 2020. The van der Waals surface area contributed by atoms with E-state index in [2.05, 4.69) is 21.4 Å². The standard InChI is InChI=1S/C38H47N5O6S/c1-23(44)42-16-8-11-26-20-41(21-33(26)42)37(46)38-19-31(38)30-18-27(49-4)13-15-28(30)35-34(24-9-6-5-7-10-24)29-14-12-25(17-32(29)43(35)22-38)36(45)39-50(47,48)40(2)3/h12-15,17-18,24,26,31,33H,5-11,16,19-22H2,1-4H3,(H,39,45)/t26?,31-,33?,38-/m0/s1. The highest BCUT2D eigenvalue weighted by molar-refractivity contribution is 7.87. The van der Waals surface area contributed by atoms with Gasteiger partial charge in [0.25, 0.3) is 5.91 Å². The van der Waals surface area contributed by atoms with Crippen LogP contribution in [0, 0.1) is 11.3 Å². The van der Waals surface area contributed by atoms with E-state index in [9.17, 15) is 22.8 Å². The van der Waals surface area contributed by atoms with Crippen LogP contribution in [-0.2, 0) is 26.3 Å². The van der Waals surface area contributed by atoms with Gasteiger partial charge < -0.3 is 19.1 Å². The Morgan fingerprint density at radius 2 is 1.76 bits per heavy atom. The van der Waals surface area contributed by atoms with Crippen molar-refractivity contribution in [1.29, 1.82) is 0 Å². The lowest BCUT2D eigenvalue weighted by Crippen LogP contribution is -2.48. The van der Waals surface area contributed by atoms with Crippen LogP contribution in [0.25, 0.3) is 22.2 Å². The molecule has 2 saturated heterocycles. The number of ether oxygens (including phenoxy) is 1. The molecule has 4 atom stereocenters. The fraction of sp³-hybridized carbons (Fsp3) is 0.553. The van der Waals surface area contributed by atoms with Crippen LogP contribution in [0.15, 0.2) is 36.4 Å². The number of benzene rings is 2. The Labute approximate surface area is 294 Å². The Balaban J connectivity index is 1.28. The highest BCUT2D eigenvalue weighted by Gasteiger charge is 2.64. The Kier molecular flexibility index (Phi) is 8.06. The highest BCUT2D eigenvalue weighted by Crippen LogP contribution is 2.66. The number of rotatable bonds is 6. The van der Waals surface area contributed by atoms with Gasteiger partial charge in [-0.25, -0.2) is 4.72 Å². The molecule has 0 radical (unpaired) electrons. The van der Waals surface area contributed by atoms with Crippen molar-refractivity contribution in [2.24, 2.45) is 11.3 Å². The molecule has 3 aliphatic heterocycles. The minimum atomic E-state index is -3.99. The second-order valence-corrected chi connectivity index (χ2v) is 17.3. The summed E-state index contributed by atoms with van der Waals surface area (Å²) in [5, 5.41) is 1.05. The van der Waals surface area contributed by atoms with Crippen LogP contribution in [0.3, 0.4) is 0 Å². The first-order valence-electron chi connectivity index (χ1n) is 18.1. The van der Waals surface area contributed by atoms with Gasteiger partial charge in [-0.1, -0.05) is 25.3 Å². The van der Waals surface area contributed by atoms with Crippen LogP contribution < -0.4 is 9.46 Å². The molecule has 8 rings (SSSR count). The molecular weight excluding hydrogens is 655 g/mol. The molecule has 1 aromatic heterocycles. The van der Waals surface area contributed by atoms with E-state index in [-0.39, 0.29) is 35.3 Å². The average Bonchev–Trinajstić information content (AvgIpc) is 3.56. The number of hydrogen-bond acceptors (Lipinski definition) is 6. The first kappa shape index (κ1) is 33.3. The number of aromatic nitrogens is 1. The van der Waals surface area contributed by atoms with Crippen molar-refractivity contribution >= 4 is 38.8 Å². The van der Waals surface area contributed by atoms with E-state index in [4.69, 9.17) is 4.74 Å². The molecule has 2 aliphatic carbocycles. The second-order valence-electron chi connectivity index (χ2n) is 15.4. The lowest BCUT2D eigenvalue weighted by Gasteiger charge is -2.36. The monoisotopic (exact) mass is 701 g/mol. The maximum atomic E-state index is 15.0. The van der Waals surface area contributed by atoms with Gasteiger partial charge in [0.15, 0.2) is 0 Å². The van der Waals surface area contributed by atoms with Gasteiger partial charge in [0.2, 0.25) is 11.8 Å². The Morgan fingerprint density at radius 3 is 2.48 bits per heavy atom. The summed E-state index contributed by atoms with van der Waals surface area (Å²) >= 11 is 0. The zero-order valence-electron chi connectivity index (χ0n) is 29.4. The van der Waals surface area contributed by atoms with E-state index in [0.717, 1.165) is 82.8 Å². The van der Waals surface area contributed by atoms with Gasteiger partial charge in [-0.3, -0.25) is 14.4 Å². The summed E-state index contributed by atoms with van der Waals surface area (Å²) in [7, 11) is 0.437. The summed E-state index contributed by atoms with van der Waals surface area (Å²) in [4.78, 5) is 45.0. The number of likely N-dealkylation sites (tertiary alicyclic amines) is 2. The van der Waals surface area contributed by atoms with E-state index >= 15 is 0 Å². The van der Waals surface area contributed by atoms with Gasteiger partial charge >= 0.3 is 10.2 Å². The van der Waals surface area contributed by atoms with Crippen molar-refractivity contribution in [2.45, 2.75) is 82.7 Å². The molecule has 2 unspecified atom stereocenters. The number of methoxy groups -OCH3 is 1. The third kappa shape index (κ3) is 5.23. The number of nitrogens with one attached hydrogen (secondary N) is 1. The van der Waals surface area contributed by atoms with Crippen LogP contribution >= 0.6 is 0 Å². The first-order chi connectivity index (χ1) is 23.9. The number of piperidine rings is 1. The molecule has 0 bridgehead atoms. The fourth-order valence-corrected chi connectivity index (χ4v) is 10.3. The largest absolute Gasteiger partial charge is 0.497 e. The van der Waals surface area contributed by atoms with E-state index < -0.39 is 21.5 Å². The molecule has 3 aromatic rings. The molecule has 11 nitrogen and oxygen atoms in total. The first-order valence-corrected chi connectivity index (χ1v) is 19.5. The lowest BCUT2D eigenvalue weighted by molar-refractivity contribution is -0.138. The average molecular weight is 702 g/mol. The molecule has 5 aliphatic rings. The quantitative estimate of drug-likeness (QED) is 0.392. The minimum absolute atomic E-state index is 0.00231. The van der Waals surface area contributed by atoms with Crippen LogP contribution in [0.2, 0.25) is 0 Å². The number of amides is 3. The van der Waals surface area contributed by atoms with Gasteiger partial charge in [-0.15, -0.1) is 0 Å². The molecule has 4 fully saturated rings. The smallest absolute Gasteiger partial charge is 0.303 e. The number of fused-ring (bicyclic) bond motifs is 8. The molecule has 3 amide bonds. The predicted molar refractivity (Wildman–Crippen MR) is 190 cm³/mol. The predicted octanol–water partition coefficient (Wildman–Crippen LogP) is 4.86. The summed E-state index contributed by atoms with van der Waals surface area (Å²) in [6.07, 6.45) is 8.31. The number of nitrogens with zero attached hydrogens (tertiary/aromatic N) is 4. The highest BCUT2D eigenvalue weighted by atomic mass is 32.2. The topological polar surface area (TPSA) is 121 Å². The number of carbonyl (C=O) groups is 3. The molecular formula is C38H47N5O6S. The molecule has 2 aromatic carbocycles. The van der Waals surface area contributed by atoms with Crippen molar-refractivity contribution in [3.63, 3.8) is 0 Å². The van der Waals surface area contributed by atoms with E-state index in [1.165, 1.54) is 26.1 Å². The van der Waals surface area contributed by atoms with Gasteiger partial charge in [-0.05, 0) is 85.4 Å². The van der Waals surface area contributed by atoms with Gasteiger partial charge in [0.05, 0.1) is 24.3 Å². The SMILES string of the molecule is COc1ccc2c(c1)[C@@H]1C[C@]1(C(=O)N1CC3CCCN(C(C)=O)C3C1)Cn1c-2c(C2CCCCC2)c2ccc(C(=O)NS(=O)(=O)N(C)C)cc21. The third-order valence-corrected chi connectivity index (χ3v) is 13.8. The molecule has 266 valence electrons. The van der Waals surface area contributed by atoms with Crippen molar-refractivity contribution < 1.29 is 27.5 Å². The van der Waals surface area contributed by atoms with Crippen LogP contribution in [-0.4, -0.2) is 91.7 Å². The summed E-state index contributed by atoms with van der Waals surface area (Å²) < 4.78 is 36.4. The van der Waals surface area contributed by atoms with Crippen LogP contribution in [0.1, 0.15) is 91.6 Å². The normalized spacial score (nSPS) is 26.1. The van der Waals surface area contributed by atoms with E-state index in [1.807, 2.05) is 28.0 Å². The lowest BCUT2D eigenvalue weighted by atomic mass is 9.81. The molecule has 12 heteroatoms. The van der Waals surface area contributed by atoms with Gasteiger partial charge in [0.1, 0.15) is 5.75 Å². The molecule has 0 spiro atoms. The number of carbonyl (C=O) groups excluding carboxylic acids is 3. The summed E-state index contributed by atoms with van der Waals surface area (Å²) in [5.74, 6) is 0.871.